The Bertz CT molecular complexity index is 582. The van der Waals surface area contributed by atoms with Crippen LogP contribution in [0.2, 0.25) is 0 Å². The Morgan fingerprint density at radius 3 is 2.76 bits per heavy atom. The van der Waals surface area contributed by atoms with Crippen LogP contribution in [0.1, 0.15) is 45.1 Å². The van der Waals surface area contributed by atoms with E-state index in [4.69, 9.17) is 9.47 Å². The zero-order valence-electron chi connectivity index (χ0n) is 15.6. The molecule has 5 nitrogen and oxygen atoms in total. The first kappa shape index (κ1) is 18.2. The fraction of sp³-hybridized carbons (Fsp3) is 0.700. The van der Waals surface area contributed by atoms with Gasteiger partial charge in [0.1, 0.15) is 11.9 Å². The van der Waals surface area contributed by atoms with Crippen molar-refractivity contribution in [1.29, 1.82) is 0 Å². The van der Waals surface area contributed by atoms with Gasteiger partial charge in [-0.1, -0.05) is 13.8 Å². The molecule has 1 aromatic heterocycles. The number of hydrogen-bond acceptors (Lipinski definition) is 4. The van der Waals surface area contributed by atoms with Crippen LogP contribution < -0.4 is 4.74 Å². The van der Waals surface area contributed by atoms with E-state index in [1.807, 2.05) is 24.1 Å². The maximum Gasteiger partial charge on any atom is 0.228 e. The third-order valence-electron chi connectivity index (χ3n) is 5.36. The molecular weight excluding hydrogens is 316 g/mol. The number of hydrogen-bond donors (Lipinski definition) is 0. The van der Waals surface area contributed by atoms with E-state index < -0.39 is 0 Å². The average molecular weight is 346 g/mol. The van der Waals surface area contributed by atoms with Crippen LogP contribution >= 0.6 is 0 Å². The minimum absolute atomic E-state index is 0.0219. The van der Waals surface area contributed by atoms with Crippen molar-refractivity contribution in [2.24, 2.45) is 11.8 Å². The van der Waals surface area contributed by atoms with Gasteiger partial charge in [-0.25, -0.2) is 0 Å². The van der Waals surface area contributed by atoms with Crippen molar-refractivity contribution >= 4 is 5.91 Å². The van der Waals surface area contributed by atoms with Gasteiger partial charge < -0.3 is 14.4 Å². The van der Waals surface area contributed by atoms with Gasteiger partial charge in [0.05, 0.1) is 12.0 Å². The van der Waals surface area contributed by atoms with Crippen LogP contribution in [0.5, 0.6) is 5.75 Å². The molecule has 0 saturated carbocycles. The number of carbonyl (C=O) groups excluding carboxylic acids is 1. The van der Waals surface area contributed by atoms with Crippen molar-refractivity contribution in [3.63, 3.8) is 0 Å². The van der Waals surface area contributed by atoms with Crippen molar-refractivity contribution < 1.29 is 14.3 Å². The number of rotatable bonds is 4. The fourth-order valence-electron chi connectivity index (χ4n) is 3.93. The van der Waals surface area contributed by atoms with Crippen molar-refractivity contribution in [1.82, 2.24) is 9.88 Å². The topological polar surface area (TPSA) is 51.7 Å². The van der Waals surface area contributed by atoms with Gasteiger partial charge >= 0.3 is 0 Å². The Morgan fingerprint density at radius 1 is 1.32 bits per heavy atom. The molecule has 2 aliphatic heterocycles. The number of ether oxygens (including phenoxy) is 2. The number of piperidine rings is 1. The van der Waals surface area contributed by atoms with Crippen LogP contribution in [0, 0.1) is 18.8 Å². The summed E-state index contributed by atoms with van der Waals surface area (Å²) in [5.41, 5.74) is 1.06. The Hall–Kier alpha value is -1.62. The molecule has 138 valence electrons. The summed E-state index contributed by atoms with van der Waals surface area (Å²) in [5, 5.41) is 0. The molecule has 0 aliphatic carbocycles. The Balaban J connectivity index is 1.54. The number of amides is 1. The molecule has 1 amide bonds. The molecule has 5 heteroatoms. The van der Waals surface area contributed by atoms with Gasteiger partial charge in [0, 0.05) is 50.5 Å². The predicted molar refractivity (Wildman–Crippen MR) is 96.5 cm³/mol. The standard InChI is InChI=1S/C20H30N2O3/c1-14(2)19-17(5-4-12-24-19)20(23)22-10-7-16(8-11-22)25-18-6-9-21-13-15(18)3/h6,9,13-14,16-17,19H,4-5,7-8,10-12H2,1-3H3/t17-,19+/m1/s1. The summed E-state index contributed by atoms with van der Waals surface area (Å²) in [4.78, 5) is 19.1. The lowest BCUT2D eigenvalue weighted by Crippen LogP contribution is -2.49. The summed E-state index contributed by atoms with van der Waals surface area (Å²) in [5.74, 6) is 1.58. The van der Waals surface area contributed by atoms with Crippen LogP contribution in [0.3, 0.4) is 0 Å². The van der Waals surface area contributed by atoms with E-state index in [0.717, 1.165) is 56.7 Å². The summed E-state index contributed by atoms with van der Waals surface area (Å²) in [6.45, 7) is 8.63. The highest BCUT2D eigenvalue weighted by Gasteiger charge is 2.37. The molecule has 2 saturated heterocycles. The number of aryl methyl sites for hydroxylation is 1. The molecule has 2 aliphatic rings. The normalized spacial score (nSPS) is 25.2. The second-order valence-electron chi connectivity index (χ2n) is 7.61. The van der Waals surface area contributed by atoms with E-state index in [0.29, 0.717) is 5.92 Å². The number of likely N-dealkylation sites (tertiary alicyclic amines) is 1. The highest BCUT2D eigenvalue weighted by atomic mass is 16.5. The minimum Gasteiger partial charge on any atom is -0.490 e. The highest BCUT2D eigenvalue weighted by molar-refractivity contribution is 5.79. The van der Waals surface area contributed by atoms with Crippen molar-refractivity contribution in [2.45, 2.75) is 58.7 Å². The van der Waals surface area contributed by atoms with Gasteiger partial charge in [-0.05, 0) is 31.7 Å². The second kappa shape index (κ2) is 8.17. The van der Waals surface area contributed by atoms with Gasteiger partial charge in [0.15, 0.2) is 0 Å². The lowest BCUT2D eigenvalue weighted by molar-refractivity contribution is -0.149. The SMILES string of the molecule is Cc1cnccc1OC1CCN(C(=O)[C@@H]2CCCO[C@H]2C(C)C)CC1. The number of pyridine rings is 1. The molecule has 2 atom stereocenters. The Labute approximate surface area is 150 Å². The van der Waals surface area contributed by atoms with Crippen LogP contribution in [0.15, 0.2) is 18.5 Å². The first-order chi connectivity index (χ1) is 12.1. The quantitative estimate of drug-likeness (QED) is 0.840. The van der Waals surface area contributed by atoms with Gasteiger partial charge in [0.2, 0.25) is 5.91 Å². The van der Waals surface area contributed by atoms with E-state index in [9.17, 15) is 4.79 Å². The predicted octanol–water partition coefficient (Wildman–Crippen LogP) is 3.21. The molecule has 3 heterocycles. The third kappa shape index (κ3) is 4.32. The van der Waals surface area contributed by atoms with Gasteiger partial charge in [-0.3, -0.25) is 9.78 Å². The lowest BCUT2D eigenvalue weighted by atomic mass is 9.86. The van der Waals surface area contributed by atoms with Crippen LogP contribution in [0.25, 0.3) is 0 Å². The molecular formula is C20H30N2O3. The second-order valence-corrected chi connectivity index (χ2v) is 7.61. The molecule has 25 heavy (non-hydrogen) atoms. The molecule has 0 N–H and O–H groups in total. The largest absolute Gasteiger partial charge is 0.490 e. The van der Waals surface area contributed by atoms with Crippen molar-refractivity contribution in [2.75, 3.05) is 19.7 Å². The zero-order valence-corrected chi connectivity index (χ0v) is 15.6. The first-order valence-corrected chi connectivity index (χ1v) is 9.54. The Kier molecular flexibility index (Phi) is 5.94. The van der Waals surface area contributed by atoms with Gasteiger partial charge in [-0.15, -0.1) is 0 Å². The molecule has 1 aromatic rings. The maximum absolute atomic E-state index is 13.0. The summed E-state index contributed by atoms with van der Waals surface area (Å²) >= 11 is 0. The lowest BCUT2D eigenvalue weighted by Gasteiger charge is -2.39. The summed E-state index contributed by atoms with van der Waals surface area (Å²) in [6.07, 6.45) is 7.53. The van der Waals surface area contributed by atoms with Crippen molar-refractivity contribution in [3.05, 3.63) is 24.0 Å². The summed E-state index contributed by atoms with van der Waals surface area (Å²) in [7, 11) is 0. The fourth-order valence-corrected chi connectivity index (χ4v) is 3.93. The molecule has 0 unspecified atom stereocenters. The molecule has 0 aromatic carbocycles. The summed E-state index contributed by atoms with van der Waals surface area (Å²) in [6, 6.07) is 1.92. The third-order valence-corrected chi connectivity index (χ3v) is 5.36. The zero-order chi connectivity index (χ0) is 17.8. The van der Waals surface area contributed by atoms with Crippen molar-refractivity contribution in [3.8, 4) is 5.75 Å². The van der Waals surface area contributed by atoms with E-state index in [2.05, 4.69) is 18.8 Å². The monoisotopic (exact) mass is 346 g/mol. The van der Waals surface area contributed by atoms with E-state index in [1.54, 1.807) is 6.20 Å². The maximum atomic E-state index is 13.0. The number of nitrogens with zero attached hydrogens (tertiary/aromatic N) is 2. The minimum atomic E-state index is 0.0219. The van der Waals surface area contributed by atoms with E-state index in [1.165, 1.54) is 0 Å². The van der Waals surface area contributed by atoms with E-state index in [-0.39, 0.29) is 24.0 Å². The van der Waals surface area contributed by atoms with Crippen LogP contribution in [0.4, 0.5) is 0 Å². The number of carbonyl (C=O) groups is 1. The molecule has 3 rings (SSSR count). The Morgan fingerprint density at radius 2 is 2.08 bits per heavy atom. The first-order valence-electron chi connectivity index (χ1n) is 9.54. The highest BCUT2D eigenvalue weighted by Crippen LogP contribution is 2.29. The molecule has 2 fully saturated rings. The van der Waals surface area contributed by atoms with Crippen LogP contribution in [-0.2, 0) is 9.53 Å². The van der Waals surface area contributed by atoms with E-state index >= 15 is 0 Å². The van der Waals surface area contributed by atoms with Gasteiger partial charge in [0.25, 0.3) is 0 Å². The molecule has 0 spiro atoms. The smallest absolute Gasteiger partial charge is 0.228 e. The molecule has 0 bridgehead atoms. The average Bonchev–Trinajstić information content (AvgIpc) is 2.63. The van der Waals surface area contributed by atoms with Crippen LogP contribution in [-0.4, -0.2) is 47.7 Å². The summed E-state index contributed by atoms with van der Waals surface area (Å²) < 4.78 is 12.0. The number of aromatic nitrogens is 1. The molecule has 0 radical (unpaired) electrons. The van der Waals surface area contributed by atoms with Gasteiger partial charge in [-0.2, -0.15) is 0 Å².